The molecule has 0 N–H and O–H groups in total. The predicted octanol–water partition coefficient (Wildman–Crippen LogP) is 3.12. The van der Waals surface area contributed by atoms with Gasteiger partial charge in [0.2, 0.25) is 0 Å². The summed E-state index contributed by atoms with van der Waals surface area (Å²) in [5, 5.41) is 3.20. The lowest BCUT2D eigenvalue weighted by Gasteiger charge is -1.99. The molecule has 0 aliphatic rings. The van der Waals surface area contributed by atoms with Gasteiger partial charge in [-0.25, -0.2) is 9.97 Å². The third-order valence-electron chi connectivity index (χ3n) is 2.78. The molecule has 0 aliphatic heterocycles. The number of rotatable bonds is 3. The fourth-order valence-electron chi connectivity index (χ4n) is 1.89. The van der Waals surface area contributed by atoms with Gasteiger partial charge in [-0.3, -0.25) is 4.79 Å². The van der Waals surface area contributed by atoms with E-state index in [0.717, 1.165) is 10.9 Å². The number of ketones is 1. The van der Waals surface area contributed by atoms with E-state index in [9.17, 15) is 4.79 Å². The molecule has 0 spiro atoms. The summed E-state index contributed by atoms with van der Waals surface area (Å²) in [7, 11) is 0. The van der Waals surface area contributed by atoms with Gasteiger partial charge in [0.25, 0.3) is 0 Å². The molecular weight excluding hydrogens is 244 g/mol. The van der Waals surface area contributed by atoms with Crippen molar-refractivity contribution < 1.29 is 4.79 Å². The number of thiophene rings is 1. The predicted molar refractivity (Wildman–Crippen MR) is 71.9 cm³/mol. The number of nitrogens with zero attached hydrogens (tertiary/aromatic N) is 2. The first-order chi connectivity index (χ1) is 8.84. The molecule has 88 valence electrons. The summed E-state index contributed by atoms with van der Waals surface area (Å²) in [5.74, 6) is 0.0287. The Hall–Kier alpha value is -2.07. The van der Waals surface area contributed by atoms with Gasteiger partial charge in [-0.2, -0.15) is 0 Å². The first-order valence-corrected chi connectivity index (χ1v) is 6.47. The molecule has 0 radical (unpaired) electrons. The molecule has 18 heavy (non-hydrogen) atoms. The van der Waals surface area contributed by atoms with Crippen LogP contribution in [0.2, 0.25) is 0 Å². The Morgan fingerprint density at radius 2 is 2.11 bits per heavy atom. The lowest BCUT2D eigenvalue weighted by molar-refractivity contribution is 0.0988. The molecule has 0 unspecified atom stereocenters. The lowest BCUT2D eigenvalue weighted by atomic mass is 10.1. The third kappa shape index (κ3) is 2.02. The van der Waals surface area contributed by atoms with Crippen molar-refractivity contribution in [3.8, 4) is 0 Å². The zero-order chi connectivity index (χ0) is 12.4. The van der Waals surface area contributed by atoms with Crippen LogP contribution in [0.4, 0.5) is 0 Å². The first kappa shape index (κ1) is 11.0. The standard InChI is InChI=1S/C14H10N2OS/c17-13(12-5-6-15-9-16-12)7-10-8-18-14-4-2-1-3-11(10)14/h1-6,8-9H,7H2. The van der Waals surface area contributed by atoms with Crippen molar-refractivity contribution in [3.05, 3.63) is 59.5 Å². The van der Waals surface area contributed by atoms with Crippen LogP contribution >= 0.6 is 11.3 Å². The van der Waals surface area contributed by atoms with Gasteiger partial charge < -0.3 is 0 Å². The van der Waals surface area contributed by atoms with E-state index in [4.69, 9.17) is 0 Å². The van der Waals surface area contributed by atoms with Gasteiger partial charge in [-0.15, -0.1) is 11.3 Å². The van der Waals surface area contributed by atoms with Crippen LogP contribution in [0.3, 0.4) is 0 Å². The maximum atomic E-state index is 12.1. The Morgan fingerprint density at radius 1 is 1.22 bits per heavy atom. The highest BCUT2D eigenvalue weighted by Gasteiger charge is 2.11. The number of hydrogen-bond acceptors (Lipinski definition) is 4. The Morgan fingerprint density at radius 3 is 2.94 bits per heavy atom. The molecule has 3 rings (SSSR count). The Kier molecular flexibility index (Phi) is 2.86. The SMILES string of the molecule is O=C(Cc1csc2ccccc12)c1ccncn1. The van der Waals surface area contributed by atoms with Gasteiger partial charge in [0.15, 0.2) is 5.78 Å². The summed E-state index contributed by atoms with van der Waals surface area (Å²) in [5.41, 5.74) is 1.54. The van der Waals surface area contributed by atoms with E-state index in [1.54, 1.807) is 23.6 Å². The number of hydrogen-bond donors (Lipinski definition) is 0. The first-order valence-electron chi connectivity index (χ1n) is 5.59. The van der Waals surface area contributed by atoms with Crippen molar-refractivity contribution in [2.45, 2.75) is 6.42 Å². The minimum absolute atomic E-state index is 0.0287. The van der Waals surface area contributed by atoms with Crippen molar-refractivity contribution in [2.75, 3.05) is 0 Å². The summed E-state index contributed by atoms with van der Waals surface area (Å²) < 4.78 is 1.21. The fraction of sp³-hybridized carbons (Fsp3) is 0.0714. The van der Waals surface area contributed by atoms with Gasteiger partial charge in [0.1, 0.15) is 12.0 Å². The van der Waals surface area contributed by atoms with E-state index in [1.807, 2.05) is 17.5 Å². The summed E-state index contributed by atoms with van der Waals surface area (Å²) in [6, 6.07) is 9.77. The largest absolute Gasteiger partial charge is 0.292 e. The molecule has 3 nitrogen and oxygen atoms in total. The van der Waals surface area contributed by atoms with E-state index < -0.39 is 0 Å². The van der Waals surface area contributed by atoms with Crippen molar-refractivity contribution in [1.82, 2.24) is 9.97 Å². The van der Waals surface area contributed by atoms with E-state index >= 15 is 0 Å². The molecular formula is C14H10N2OS. The molecule has 0 saturated carbocycles. The van der Waals surface area contributed by atoms with Crippen LogP contribution in [-0.4, -0.2) is 15.8 Å². The molecule has 0 aliphatic carbocycles. The van der Waals surface area contributed by atoms with Crippen LogP contribution in [-0.2, 0) is 6.42 Å². The zero-order valence-corrected chi connectivity index (χ0v) is 10.4. The third-order valence-corrected chi connectivity index (χ3v) is 3.79. The monoisotopic (exact) mass is 254 g/mol. The van der Waals surface area contributed by atoms with Crippen LogP contribution in [0.5, 0.6) is 0 Å². The number of Topliss-reactive ketones (excluding diaryl/α,β-unsaturated/α-hetero) is 1. The van der Waals surface area contributed by atoms with Gasteiger partial charge in [-0.05, 0) is 28.5 Å². The highest BCUT2D eigenvalue weighted by Crippen LogP contribution is 2.26. The van der Waals surface area contributed by atoms with Crippen molar-refractivity contribution in [3.63, 3.8) is 0 Å². The van der Waals surface area contributed by atoms with Gasteiger partial charge >= 0.3 is 0 Å². The van der Waals surface area contributed by atoms with Gasteiger partial charge in [-0.1, -0.05) is 18.2 Å². The topological polar surface area (TPSA) is 42.9 Å². The number of carbonyl (C=O) groups is 1. The number of fused-ring (bicyclic) bond motifs is 1. The summed E-state index contributed by atoms with van der Waals surface area (Å²) in [6.07, 6.45) is 3.38. The molecule has 0 bridgehead atoms. The molecule has 2 aromatic heterocycles. The number of carbonyl (C=O) groups excluding carboxylic acids is 1. The Labute approximate surface area is 108 Å². The molecule has 0 saturated heterocycles. The average Bonchev–Trinajstić information content (AvgIpc) is 2.83. The summed E-state index contributed by atoms with van der Waals surface area (Å²) in [6.45, 7) is 0. The molecule has 0 fully saturated rings. The minimum atomic E-state index is 0.0287. The second kappa shape index (κ2) is 4.66. The Bertz CT molecular complexity index is 691. The van der Waals surface area contributed by atoms with Gasteiger partial charge in [0.05, 0.1) is 0 Å². The maximum Gasteiger partial charge on any atom is 0.185 e. The lowest BCUT2D eigenvalue weighted by Crippen LogP contribution is -2.05. The summed E-state index contributed by atoms with van der Waals surface area (Å²) in [4.78, 5) is 19.9. The number of aromatic nitrogens is 2. The van der Waals surface area contributed by atoms with Crippen LogP contribution in [0.25, 0.3) is 10.1 Å². The molecule has 2 heterocycles. The van der Waals surface area contributed by atoms with E-state index in [2.05, 4.69) is 22.1 Å². The fourth-order valence-corrected chi connectivity index (χ4v) is 2.85. The quantitative estimate of drug-likeness (QED) is 0.674. The normalized spacial score (nSPS) is 10.7. The van der Waals surface area contributed by atoms with Crippen molar-refractivity contribution in [1.29, 1.82) is 0 Å². The molecule has 0 atom stereocenters. The highest BCUT2D eigenvalue weighted by molar-refractivity contribution is 7.17. The molecule has 0 amide bonds. The van der Waals surface area contributed by atoms with E-state index in [-0.39, 0.29) is 5.78 Å². The smallest absolute Gasteiger partial charge is 0.185 e. The summed E-state index contributed by atoms with van der Waals surface area (Å²) >= 11 is 1.67. The van der Waals surface area contributed by atoms with Crippen molar-refractivity contribution in [2.24, 2.45) is 0 Å². The zero-order valence-electron chi connectivity index (χ0n) is 9.54. The maximum absolute atomic E-state index is 12.1. The molecule has 3 aromatic rings. The average molecular weight is 254 g/mol. The van der Waals surface area contributed by atoms with Crippen LogP contribution in [0.1, 0.15) is 16.1 Å². The van der Waals surface area contributed by atoms with Crippen LogP contribution < -0.4 is 0 Å². The second-order valence-corrected chi connectivity index (χ2v) is 4.86. The second-order valence-electron chi connectivity index (χ2n) is 3.95. The molecule has 4 heteroatoms. The molecule has 1 aromatic carbocycles. The van der Waals surface area contributed by atoms with E-state index in [1.165, 1.54) is 11.0 Å². The highest BCUT2D eigenvalue weighted by atomic mass is 32.1. The minimum Gasteiger partial charge on any atom is -0.292 e. The van der Waals surface area contributed by atoms with E-state index in [0.29, 0.717) is 12.1 Å². The van der Waals surface area contributed by atoms with Crippen LogP contribution in [0.15, 0.2) is 48.2 Å². The Balaban J connectivity index is 1.91. The van der Waals surface area contributed by atoms with Crippen molar-refractivity contribution >= 4 is 27.2 Å². The van der Waals surface area contributed by atoms with Crippen LogP contribution in [0, 0.1) is 0 Å². The number of benzene rings is 1. The van der Waals surface area contributed by atoms with Gasteiger partial charge in [0, 0.05) is 17.3 Å².